The molecule has 0 unspecified atom stereocenters. The SMILES string of the molecule is CS(=O)(=O)N(CC(=O)NCc1ccccc1CN1CCCCC1)c1cccc2ccccc12. The van der Waals surface area contributed by atoms with Crippen LogP contribution >= 0.6 is 0 Å². The summed E-state index contributed by atoms with van der Waals surface area (Å²) in [6, 6.07) is 21.2. The highest BCUT2D eigenvalue weighted by molar-refractivity contribution is 7.92. The van der Waals surface area contributed by atoms with E-state index in [2.05, 4.69) is 16.3 Å². The van der Waals surface area contributed by atoms with Crippen LogP contribution in [0.5, 0.6) is 0 Å². The van der Waals surface area contributed by atoms with Gasteiger partial charge in [-0.05, 0) is 48.5 Å². The number of carbonyl (C=O) groups is 1. The maximum atomic E-state index is 12.9. The molecular formula is C26H31N3O3S. The largest absolute Gasteiger partial charge is 0.350 e. The Labute approximate surface area is 196 Å². The normalized spacial score (nSPS) is 14.8. The molecule has 3 aromatic carbocycles. The van der Waals surface area contributed by atoms with Crippen LogP contribution in [0.2, 0.25) is 0 Å². The summed E-state index contributed by atoms with van der Waals surface area (Å²) < 4.78 is 26.4. The molecule has 0 atom stereocenters. The number of anilines is 1. The zero-order valence-electron chi connectivity index (χ0n) is 19.0. The number of carbonyl (C=O) groups excluding carboxylic acids is 1. The van der Waals surface area contributed by atoms with Gasteiger partial charge in [0.1, 0.15) is 6.54 Å². The highest BCUT2D eigenvalue weighted by Gasteiger charge is 2.22. The zero-order valence-corrected chi connectivity index (χ0v) is 19.9. The molecule has 1 N–H and O–H groups in total. The minimum absolute atomic E-state index is 0.263. The van der Waals surface area contributed by atoms with Gasteiger partial charge in [0.2, 0.25) is 15.9 Å². The summed E-state index contributed by atoms with van der Waals surface area (Å²) in [4.78, 5) is 15.3. The van der Waals surface area contributed by atoms with E-state index >= 15 is 0 Å². The van der Waals surface area contributed by atoms with Crippen molar-refractivity contribution >= 4 is 32.4 Å². The first-order valence-electron chi connectivity index (χ1n) is 11.4. The molecule has 0 bridgehead atoms. The molecule has 1 heterocycles. The van der Waals surface area contributed by atoms with E-state index in [0.717, 1.165) is 42.2 Å². The van der Waals surface area contributed by atoms with Crippen LogP contribution in [0, 0.1) is 0 Å². The standard InChI is InChI=1S/C26H31N3O3S/c1-33(31,32)29(25-15-9-13-21-10-5-6-14-24(21)25)20-26(30)27-18-22-11-3-4-12-23(22)19-28-16-7-2-8-17-28/h3-6,9-15H,2,7-8,16-20H2,1H3,(H,27,30). The number of piperidine rings is 1. The molecule has 1 fully saturated rings. The lowest BCUT2D eigenvalue weighted by Crippen LogP contribution is -2.40. The van der Waals surface area contributed by atoms with Gasteiger partial charge in [0.05, 0.1) is 11.9 Å². The predicted octanol–water partition coefficient (Wildman–Crippen LogP) is 3.91. The van der Waals surface area contributed by atoms with Crippen LogP contribution in [0.1, 0.15) is 30.4 Å². The second kappa shape index (κ2) is 10.4. The second-order valence-electron chi connectivity index (χ2n) is 8.65. The number of sulfonamides is 1. The maximum absolute atomic E-state index is 12.9. The van der Waals surface area contributed by atoms with Gasteiger partial charge in [-0.3, -0.25) is 14.0 Å². The van der Waals surface area contributed by atoms with E-state index in [9.17, 15) is 13.2 Å². The molecule has 3 aromatic rings. The number of fused-ring (bicyclic) bond motifs is 1. The van der Waals surface area contributed by atoms with Crippen molar-refractivity contribution in [3.8, 4) is 0 Å². The Kier molecular flexibility index (Phi) is 7.30. The van der Waals surface area contributed by atoms with Crippen molar-refractivity contribution in [2.75, 3.05) is 30.2 Å². The molecule has 1 amide bonds. The van der Waals surface area contributed by atoms with Crippen molar-refractivity contribution in [3.05, 3.63) is 77.9 Å². The highest BCUT2D eigenvalue weighted by Crippen LogP contribution is 2.28. The molecule has 0 aromatic heterocycles. The Bertz CT molecular complexity index is 1210. The van der Waals surface area contributed by atoms with E-state index in [1.807, 2.05) is 54.6 Å². The van der Waals surface area contributed by atoms with Crippen molar-refractivity contribution in [3.63, 3.8) is 0 Å². The molecule has 6 nitrogen and oxygen atoms in total. The second-order valence-corrected chi connectivity index (χ2v) is 10.6. The molecule has 174 valence electrons. The summed E-state index contributed by atoms with van der Waals surface area (Å²) in [7, 11) is -3.65. The monoisotopic (exact) mass is 465 g/mol. The van der Waals surface area contributed by atoms with Gasteiger partial charge in [0.15, 0.2) is 0 Å². The fourth-order valence-electron chi connectivity index (χ4n) is 4.43. The van der Waals surface area contributed by atoms with Crippen molar-refractivity contribution in [1.82, 2.24) is 10.2 Å². The molecule has 7 heteroatoms. The first-order chi connectivity index (χ1) is 15.9. The van der Waals surface area contributed by atoms with Gasteiger partial charge in [-0.25, -0.2) is 8.42 Å². The number of hydrogen-bond acceptors (Lipinski definition) is 4. The van der Waals surface area contributed by atoms with Crippen LogP contribution in [-0.4, -0.2) is 45.1 Å². The number of amides is 1. The highest BCUT2D eigenvalue weighted by atomic mass is 32.2. The van der Waals surface area contributed by atoms with Gasteiger partial charge in [0.25, 0.3) is 0 Å². The molecule has 0 saturated carbocycles. The predicted molar refractivity (Wildman–Crippen MR) is 134 cm³/mol. The molecule has 4 rings (SSSR count). The molecule has 0 radical (unpaired) electrons. The van der Waals surface area contributed by atoms with Crippen molar-refractivity contribution in [1.29, 1.82) is 0 Å². The molecule has 1 aliphatic rings. The number of nitrogens with one attached hydrogen (secondary N) is 1. The third kappa shape index (κ3) is 5.92. The summed E-state index contributed by atoms with van der Waals surface area (Å²) in [5, 5.41) is 4.66. The fraction of sp³-hybridized carbons (Fsp3) is 0.346. The Balaban J connectivity index is 1.47. The Morgan fingerprint density at radius 1 is 0.909 bits per heavy atom. The average molecular weight is 466 g/mol. The smallest absolute Gasteiger partial charge is 0.241 e. The quantitative estimate of drug-likeness (QED) is 0.548. The summed E-state index contributed by atoms with van der Waals surface area (Å²) in [5.74, 6) is -0.332. The summed E-state index contributed by atoms with van der Waals surface area (Å²) in [6.07, 6.45) is 4.89. The summed E-state index contributed by atoms with van der Waals surface area (Å²) in [5.41, 5.74) is 2.78. The first kappa shape index (κ1) is 23.3. The third-order valence-electron chi connectivity index (χ3n) is 6.16. The van der Waals surface area contributed by atoms with Gasteiger partial charge in [-0.1, -0.05) is 67.1 Å². The number of benzene rings is 3. The van der Waals surface area contributed by atoms with Gasteiger partial charge in [0, 0.05) is 18.5 Å². The average Bonchev–Trinajstić information content (AvgIpc) is 2.82. The van der Waals surface area contributed by atoms with Crippen LogP contribution in [0.25, 0.3) is 10.8 Å². The lowest BCUT2D eigenvalue weighted by atomic mass is 10.0. The van der Waals surface area contributed by atoms with E-state index < -0.39 is 10.0 Å². The lowest BCUT2D eigenvalue weighted by Gasteiger charge is -2.27. The topological polar surface area (TPSA) is 69.7 Å². The lowest BCUT2D eigenvalue weighted by molar-refractivity contribution is -0.119. The van der Waals surface area contributed by atoms with Crippen LogP contribution < -0.4 is 9.62 Å². The van der Waals surface area contributed by atoms with Crippen LogP contribution in [0.15, 0.2) is 66.7 Å². The van der Waals surface area contributed by atoms with Crippen molar-refractivity contribution in [2.24, 2.45) is 0 Å². The van der Waals surface area contributed by atoms with Gasteiger partial charge < -0.3 is 5.32 Å². The number of hydrogen-bond donors (Lipinski definition) is 1. The minimum Gasteiger partial charge on any atom is -0.350 e. The van der Waals surface area contributed by atoms with E-state index in [1.54, 1.807) is 6.07 Å². The van der Waals surface area contributed by atoms with E-state index in [-0.39, 0.29) is 12.5 Å². The van der Waals surface area contributed by atoms with Crippen LogP contribution in [0.3, 0.4) is 0 Å². The fourth-order valence-corrected chi connectivity index (χ4v) is 5.30. The van der Waals surface area contributed by atoms with Gasteiger partial charge >= 0.3 is 0 Å². The van der Waals surface area contributed by atoms with E-state index in [4.69, 9.17) is 0 Å². The number of likely N-dealkylation sites (tertiary alicyclic amines) is 1. The van der Waals surface area contributed by atoms with Crippen LogP contribution in [0.4, 0.5) is 5.69 Å². The Morgan fingerprint density at radius 2 is 1.58 bits per heavy atom. The van der Waals surface area contributed by atoms with Crippen molar-refractivity contribution in [2.45, 2.75) is 32.4 Å². The molecule has 0 aliphatic carbocycles. The molecular weight excluding hydrogens is 434 g/mol. The Morgan fingerprint density at radius 3 is 2.33 bits per heavy atom. The van der Waals surface area contributed by atoms with Crippen LogP contribution in [-0.2, 0) is 27.9 Å². The molecule has 1 saturated heterocycles. The molecule has 0 spiro atoms. The van der Waals surface area contributed by atoms with Gasteiger partial charge in [-0.15, -0.1) is 0 Å². The number of rotatable bonds is 8. The zero-order chi connectivity index (χ0) is 23.3. The third-order valence-corrected chi connectivity index (χ3v) is 7.29. The first-order valence-corrected chi connectivity index (χ1v) is 13.3. The molecule has 1 aliphatic heterocycles. The minimum atomic E-state index is -3.65. The van der Waals surface area contributed by atoms with Gasteiger partial charge in [-0.2, -0.15) is 0 Å². The number of nitrogens with zero attached hydrogens (tertiary/aromatic N) is 2. The van der Waals surface area contributed by atoms with E-state index in [0.29, 0.717) is 12.2 Å². The van der Waals surface area contributed by atoms with Crippen molar-refractivity contribution < 1.29 is 13.2 Å². The maximum Gasteiger partial charge on any atom is 0.241 e. The Hall–Kier alpha value is -2.90. The van der Waals surface area contributed by atoms with E-state index in [1.165, 1.54) is 29.1 Å². The summed E-state index contributed by atoms with van der Waals surface area (Å²) in [6.45, 7) is 3.19. The molecule has 33 heavy (non-hydrogen) atoms. The summed E-state index contributed by atoms with van der Waals surface area (Å²) >= 11 is 0.